The molecule has 2 rings (SSSR count). The van der Waals surface area contributed by atoms with Gasteiger partial charge >= 0.3 is 6.18 Å². The number of hydrogen-bond donors (Lipinski definition) is 1. The average Bonchev–Trinajstić information content (AvgIpc) is 2.84. The third-order valence-electron chi connectivity index (χ3n) is 3.39. The monoisotopic (exact) mass is 314 g/mol. The Labute approximate surface area is 126 Å². The highest BCUT2D eigenvalue weighted by atomic mass is 32.1. The maximum absolute atomic E-state index is 12.7. The summed E-state index contributed by atoms with van der Waals surface area (Å²) in [6.07, 6.45) is -4.31. The van der Waals surface area contributed by atoms with Gasteiger partial charge in [0.15, 0.2) is 0 Å². The minimum absolute atomic E-state index is 0.0436. The van der Waals surface area contributed by atoms with E-state index < -0.39 is 11.7 Å². The summed E-state index contributed by atoms with van der Waals surface area (Å²) in [6, 6.07) is 5.31. The maximum atomic E-state index is 12.7. The minimum Gasteiger partial charge on any atom is -0.303 e. The van der Waals surface area contributed by atoms with Crippen molar-refractivity contribution >= 4 is 11.3 Å². The topological polar surface area (TPSA) is 24.9 Å². The van der Waals surface area contributed by atoms with Crippen LogP contribution in [0.3, 0.4) is 0 Å². The molecule has 1 aromatic heterocycles. The van der Waals surface area contributed by atoms with Crippen molar-refractivity contribution in [3.63, 3.8) is 0 Å². The fraction of sp³-hybridized carbons (Fsp3) is 0.400. The van der Waals surface area contributed by atoms with Crippen LogP contribution in [0.15, 0.2) is 29.8 Å². The second-order valence-electron chi connectivity index (χ2n) is 5.04. The summed E-state index contributed by atoms with van der Waals surface area (Å²) in [5, 5.41) is 3.32. The number of rotatable bonds is 4. The summed E-state index contributed by atoms with van der Waals surface area (Å²) in [4.78, 5) is 5.30. The van der Waals surface area contributed by atoms with E-state index in [2.05, 4.69) is 10.3 Å². The summed E-state index contributed by atoms with van der Waals surface area (Å²) in [6.45, 7) is 5.78. The fourth-order valence-electron chi connectivity index (χ4n) is 2.26. The van der Waals surface area contributed by atoms with Crippen LogP contribution in [-0.4, -0.2) is 4.98 Å². The van der Waals surface area contributed by atoms with Crippen molar-refractivity contribution in [3.05, 3.63) is 51.5 Å². The van der Waals surface area contributed by atoms with Gasteiger partial charge in [-0.05, 0) is 38.5 Å². The molecule has 0 aliphatic rings. The second-order valence-corrected chi connectivity index (χ2v) is 5.92. The Morgan fingerprint density at radius 2 is 1.90 bits per heavy atom. The summed E-state index contributed by atoms with van der Waals surface area (Å²) in [5.74, 6) is 0. The van der Waals surface area contributed by atoms with Gasteiger partial charge in [0.1, 0.15) is 0 Å². The van der Waals surface area contributed by atoms with Crippen LogP contribution in [0.4, 0.5) is 13.2 Å². The van der Waals surface area contributed by atoms with Crippen molar-refractivity contribution in [2.24, 2.45) is 0 Å². The molecule has 1 aromatic carbocycles. The molecule has 0 spiro atoms. The molecule has 0 fully saturated rings. The lowest BCUT2D eigenvalue weighted by Crippen LogP contribution is -2.22. The number of nitrogens with zero attached hydrogens (tertiary/aromatic N) is 1. The molecule has 0 aliphatic carbocycles. The number of hydrogen-bond acceptors (Lipinski definition) is 3. The van der Waals surface area contributed by atoms with Crippen molar-refractivity contribution < 1.29 is 13.2 Å². The van der Waals surface area contributed by atoms with Crippen LogP contribution >= 0.6 is 11.3 Å². The molecule has 0 aliphatic heterocycles. The molecule has 1 N–H and O–H groups in total. The summed E-state index contributed by atoms with van der Waals surface area (Å²) >= 11 is 1.55. The van der Waals surface area contributed by atoms with Crippen LogP contribution in [0.25, 0.3) is 0 Å². The van der Waals surface area contributed by atoms with Gasteiger partial charge in [-0.2, -0.15) is 13.2 Å². The molecule has 0 amide bonds. The number of thiazole rings is 1. The van der Waals surface area contributed by atoms with Crippen molar-refractivity contribution in [1.82, 2.24) is 10.3 Å². The Bertz CT molecular complexity index is 607. The van der Waals surface area contributed by atoms with E-state index in [1.807, 2.05) is 20.8 Å². The molecule has 0 radical (unpaired) electrons. The zero-order valence-corrected chi connectivity index (χ0v) is 12.8. The van der Waals surface area contributed by atoms with Crippen LogP contribution < -0.4 is 5.32 Å². The number of halogens is 3. The van der Waals surface area contributed by atoms with Gasteiger partial charge in [-0.25, -0.2) is 4.98 Å². The third kappa shape index (κ3) is 3.83. The third-order valence-corrected chi connectivity index (χ3v) is 4.50. The van der Waals surface area contributed by atoms with Gasteiger partial charge in [0.25, 0.3) is 0 Å². The normalized spacial score (nSPS) is 15.0. The number of aryl methyl sites for hydroxylation is 1. The molecular weight excluding hydrogens is 297 g/mol. The van der Waals surface area contributed by atoms with E-state index in [1.165, 1.54) is 12.1 Å². The first kappa shape index (κ1) is 16.0. The summed E-state index contributed by atoms with van der Waals surface area (Å²) < 4.78 is 38.2. The molecule has 0 saturated heterocycles. The lowest BCUT2D eigenvalue weighted by atomic mass is 10.0. The van der Waals surface area contributed by atoms with Crippen LogP contribution in [0.5, 0.6) is 0 Å². The van der Waals surface area contributed by atoms with Gasteiger partial charge in [-0.15, -0.1) is 11.3 Å². The van der Waals surface area contributed by atoms with E-state index in [0.29, 0.717) is 5.56 Å². The van der Waals surface area contributed by atoms with Gasteiger partial charge in [-0.1, -0.05) is 12.1 Å². The quantitative estimate of drug-likeness (QED) is 0.870. The first-order valence-corrected chi connectivity index (χ1v) is 7.50. The zero-order valence-electron chi connectivity index (χ0n) is 12.0. The zero-order chi connectivity index (χ0) is 15.6. The molecule has 21 heavy (non-hydrogen) atoms. The molecule has 2 aromatic rings. The van der Waals surface area contributed by atoms with Gasteiger partial charge in [-0.3, -0.25) is 0 Å². The number of benzene rings is 1. The molecule has 0 bridgehead atoms. The fourth-order valence-corrected chi connectivity index (χ4v) is 3.08. The molecule has 114 valence electrons. The number of aromatic nitrogens is 1. The van der Waals surface area contributed by atoms with E-state index in [1.54, 1.807) is 22.9 Å². The average molecular weight is 314 g/mol. The molecule has 2 unspecified atom stereocenters. The highest BCUT2D eigenvalue weighted by molar-refractivity contribution is 7.09. The largest absolute Gasteiger partial charge is 0.416 e. The van der Waals surface area contributed by atoms with Crippen LogP contribution in [0.1, 0.15) is 47.6 Å². The van der Waals surface area contributed by atoms with Crippen molar-refractivity contribution in [2.45, 2.75) is 39.0 Å². The van der Waals surface area contributed by atoms with Crippen LogP contribution in [0.2, 0.25) is 0 Å². The van der Waals surface area contributed by atoms with Crippen LogP contribution in [-0.2, 0) is 6.18 Å². The predicted molar refractivity (Wildman–Crippen MR) is 78.3 cm³/mol. The van der Waals surface area contributed by atoms with Crippen molar-refractivity contribution in [2.75, 3.05) is 0 Å². The molecule has 2 atom stereocenters. The molecule has 0 saturated carbocycles. The Kier molecular flexibility index (Phi) is 4.68. The van der Waals surface area contributed by atoms with Gasteiger partial charge in [0, 0.05) is 17.0 Å². The lowest BCUT2D eigenvalue weighted by molar-refractivity contribution is -0.137. The van der Waals surface area contributed by atoms with Crippen molar-refractivity contribution in [1.29, 1.82) is 0 Å². The lowest BCUT2D eigenvalue weighted by Gasteiger charge is -2.21. The molecule has 2 nitrogen and oxygen atoms in total. The molecule has 1 heterocycles. The first-order chi connectivity index (χ1) is 9.79. The van der Waals surface area contributed by atoms with E-state index in [-0.39, 0.29) is 12.1 Å². The van der Waals surface area contributed by atoms with E-state index in [0.717, 1.165) is 16.6 Å². The SMILES string of the molecule is Cc1ncsc1C(C)NC(C)c1cccc(C(F)(F)F)c1. The van der Waals surface area contributed by atoms with E-state index >= 15 is 0 Å². The molecule has 6 heteroatoms. The van der Waals surface area contributed by atoms with E-state index in [9.17, 15) is 13.2 Å². The number of nitrogens with one attached hydrogen (secondary N) is 1. The Morgan fingerprint density at radius 1 is 1.19 bits per heavy atom. The summed E-state index contributed by atoms with van der Waals surface area (Å²) in [7, 11) is 0. The van der Waals surface area contributed by atoms with Gasteiger partial charge < -0.3 is 5.32 Å². The Balaban J connectivity index is 2.14. The maximum Gasteiger partial charge on any atom is 0.416 e. The van der Waals surface area contributed by atoms with Gasteiger partial charge in [0.2, 0.25) is 0 Å². The Morgan fingerprint density at radius 3 is 2.48 bits per heavy atom. The first-order valence-electron chi connectivity index (χ1n) is 6.62. The summed E-state index contributed by atoms with van der Waals surface area (Å²) in [5.41, 5.74) is 2.74. The van der Waals surface area contributed by atoms with Crippen LogP contribution in [0, 0.1) is 6.92 Å². The smallest absolute Gasteiger partial charge is 0.303 e. The number of alkyl halides is 3. The molecular formula is C15H17F3N2S. The predicted octanol–water partition coefficient (Wildman–Crippen LogP) is 4.88. The second kappa shape index (κ2) is 6.15. The highest BCUT2D eigenvalue weighted by Crippen LogP contribution is 2.31. The minimum atomic E-state index is -4.31. The highest BCUT2D eigenvalue weighted by Gasteiger charge is 2.30. The Hall–Kier alpha value is -1.40. The van der Waals surface area contributed by atoms with Crippen molar-refractivity contribution in [3.8, 4) is 0 Å². The van der Waals surface area contributed by atoms with E-state index in [4.69, 9.17) is 0 Å². The standard InChI is InChI=1S/C15H17F3N2S/c1-9(20-11(3)14-10(2)19-8-21-14)12-5-4-6-13(7-12)15(16,17)18/h4-9,11,20H,1-3H3. The van der Waals surface area contributed by atoms with Gasteiger partial charge in [0.05, 0.1) is 16.8 Å².